The molecule has 0 spiro atoms. The van der Waals surface area contributed by atoms with Crippen molar-refractivity contribution in [1.82, 2.24) is 15.2 Å². The SMILES string of the molecule is CC(C)Oc1ccc(C(=O)N[C@@H]2CC(=O)N(CCOc3ccccc3)C2)cn1. The van der Waals surface area contributed by atoms with E-state index in [0.29, 0.717) is 37.6 Å². The second-order valence-electron chi connectivity index (χ2n) is 6.93. The summed E-state index contributed by atoms with van der Waals surface area (Å²) in [7, 11) is 0. The molecule has 1 saturated heterocycles. The first-order valence-corrected chi connectivity index (χ1v) is 9.40. The van der Waals surface area contributed by atoms with Gasteiger partial charge in [-0.2, -0.15) is 0 Å². The van der Waals surface area contributed by atoms with Crippen molar-refractivity contribution in [2.75, 3.05) is 19.7 Å². The summed E-state index contributed by atoms with van der Waals surface area (Å²) < 4.78 is 11.1. The molecule has 2 amide bonds. The monoisotopic (exact) mass is 383 g/mol. The van der Waals surface area contributed by atoms with Gasteiger partial charge in [0, 0.05) is 25.2 Å². The third-order valence-corrected chi connectivity index (χ3v) is 4.28. The maximum absolute atomic E-state index is 12.4. The average molecular weight is 383 g/mol. The molecule has 148 valence electrons. The molecule has 0 bridgehead atoms. The zero-order chi connectivity index (χ0) is 19.9. The van der Waals surface area contributed by atoms with Crippen LogP contribution in [0.1, 0.15) is 30.6 Å². The molecule has 3 rings (SSSR count). The van der Waals surface area contributed by atoms with E-state index in [9.17, 15) is 9.59 Å². The van der Waals surface area contributed by atoms with Crippen LogP contribution in [0.2, 0.25) is 0 Å². The molecule has 2 aromatic rings. The van der Waals surface area contributed by atoms with Gasteiger partial charge in [0.25, 0.3) is 5.91 Å². The minimum atomic E-state index is -0.246. The van der Waals surface area contributed by atoms with Crippen LogP contribution in [-0.4, -0.2) is 53.5 Å². The number of hydrogen-bond donors (Lipinski definition) is 1. The van der Waals surface area contributed by atoms with Gasteiger partial charge in [0.05, 0.1) is 24.3 Å². The van der Waals surface area contributed by atoms with Crippen LogP contribution in [0.4, 0.5) is 0 Å². The lowest BCUT2D eigenvalue weighted by molar-refractivity contribution is -0.128. The second-order valence-corrected chi connectivity index (χ2v) is 6.93. The van der Waals surface area contributed by atoms with E-state index in [0.717, 1.165) is 5.75 Å². The van der Waals surface area contributed by atoms with Crippen LogP contribution in [-0.2, 0) is 4.79 Å². The van der Waals surface area contributed by atoms with Crippen LogP contribution in [0.15, 0.2) is 48.7 Å². The van der Waals surface area contributed by atoms with Crippen molar-refractivity contribution in [2.45, 2.75) is 32.4 Å². The Labute approximate surface area is 164 Å². The Morgan fingerprint density at radius 3 is 2.71 bits per heavy atom. The van der Waals surface area contributed by atoms with Crippen LogP contribution in [0.5, 0.6) is 11.6 Å². The average Bonchev–Trinajstić information content (AvgIpc) is 3.02. The van der Waals surface area contributed by atoms with Gasteiger partial charge in [0.15, 0.2) is 0 Å². The number of nitrogens with zero attached hydrogens (tertiary/aromatic N) is 2. The van der Waals surface area contributed by atoms with Gasteiger partial charge in [-0.3, -0.25) is 9.59 Å². The number of aromatic nitrogens is 1. The van der Waals surface area contributed by atoms with Crippen molar-refractivity contribution in [3.8, 4) is 11.6 Å². The molecule has 7 heteroatoms. The maximum Gasteiger partial charge on any atom is 0.253 e. The Kier molecular flexibility index (Phi) is 6.47. The fraction of sp³-hybridized carbons (Fsp3) is 0.381. The molecular formula is C21H25N3O4. The highest BCUT2D eigenvalue weighted by molar-refractivity contribution is 5.94. The Hall–Kier alpha value is -3.09. The first-order valence-electron chi connectivity index (χ1n) is 9.40. The van der Waals surface area contributed by atoms with Crippen molar-refractivity contribution in [3.63, 3.8) is 0 Å². The molecule has 0 unspecified atom stereocenters. The predicted octanol–water partition coefficient (Wildman–Crippen LogP) is 2.28. The van der Waals surface area contributed by atoms with Gasteiger partial charge in [-0.05, 0) is 32.0 Å². The molecule has 2 heterocycles. The number of ether oxygens (including phenoxy) is 2. The Balaban J connectivity index is 1.46. The highest BCUT2D eigenvalue weighted by atomic mass is 16.5. The summed E-state index contributed by atoms with van der Waals surface area (Å²) in [5.41, 5.74) is 0.439. The molecule has 0 aliphatic carbocycles. The van der Waals surface area contributed by atoms with Crippen LogP contribution in [0.3, 0.4) is 0 Å². The largest absolute Gasteiger partial charge is 0.492 e. The van der Waals surface area contributed by atoms with E-state index in [-0.39, 0.29) is 24.0 Å². The van der Waals surface area contributed by atoms with Crippen LogP contribution < -0.4 is 14.8 Å². The summed E-state index contributed by atoms with van der Waals surface area (Å²) in [4.78, 5) is 30.4. The van der Waals surface area contributed by atoms with Gasteiger partial charge in [-0.1, -0.05) is 18.2 Å². The number of carbonyl (C=O) groups is 2. The number of hydrogen-bond acceptors (Lipinski definition) is 5. The van der Waals surface area contributed by atoms with Crippen molar-refractivity contribution in [1.29, 1.82) is 0 Å². The summed E-state index contributed by atoms with van der Waals surface area (Å²) in [6.07, 6.45) is 1.79. The van der Waals surface area contributed by atoms with Crippen molar-refractivity contribution in [3.05, 3.63) is 54.2 Å². The van der Waals surface area contributed by atoms with Gasteiger partial charge in [-0.25, -0.2) is 4.98 Å². The third-order valence-electron chi connectivity index (χ3n) is 4.28. The van der Waals surface area contributed by atoms with E-state index >= 15 is 0 Å². The topological polar surface area (TPSA) is 80.8 Å². The van der Waals surface area contributed by atoms with Gasteiger partial charge >= 0.3 is 0 Å². The van der Waals surface area contributed by atoms with E-state index < -0.39 is 0 Å². The van der Waals surface area contributed by atoms with E-state index in [4.69, 9.17) is 9.47 Å². The summed E-state index contributed by atoms with van der Waals surface area (Å²) in [6, 6.07) is 12.6. The van der Waals surface area contributed by atoms with Crippen molar-refractivity contribution < 1.29 is 19.1 Å². The molecule has 1 aromatic carbocycles. The molecule has 0 saturated carbocycles. The Morgan fingerprint density at radius 1 is 1.25 bits per heavy atom. The lowest BCUT2D eigenvalue weighted by atomic mass is 10.2. The zero-order valence-corrected chi connectivity index (χ0v) is 16.1. The van der Waals surface area contributed by atoms with Crippen LogP contribution in [0, 0.1) is 0 Å². The molecule has 1 N–H and O–H groups in total. The zero-order valence-electron chi connectivity index (χ0n) is 16.1. The highest BCUT2D eigenvalue weighted by Crippen LogP contribution is 2.14. The van der Waals surface area contributed by atoms with E-state index in [1.54, 1.807) is 17.0 Å². The summed E-state index contributed by atoms with van der Waals surface area (Å²) >= 11 is 0. The molecule has 7 nitrogen and oxygen atoms in total. The van der Waals surface area contributed by atoms with E-state index in [1.807, 2.05) is 44.2 Å². The van der Waals surface area contributed by atoms with Crippen LogP contribution in [0.25, 0.3) is 0 Å². The highest BCUT2D eigenvalue weighted by Gasteiger charge is 2.30. The van der Waals surface area contributed by atoms with Crippen LogP contribution >= 0.6 is 0 Å². The fourth-order valence-corrected chi connectivity index (χ4v) is 2.97. The number of amides is 2. The smallest absolute Gasteiger partial charge is 0.253 e. The maximum atomic E-state index is 12.4. The standard InChI is InChI=1S/C21H25N3O4/c1-15(2)28-19-9-8-16(13-22-19)21(26)23-17-12-20(25)24(14-17)10-11-27-18-6-4-3-5-7-18/h3-9,13,15,17H,10-12,14H2,1-2H3,(H,23,26)/t17-/m1/s1. The number of nitrogens with one attached hydrogen (secondary N) is 1. The number of likely N-dealkylation sites (tertiary alicyclic amines) is 1. The summed E-state index contributed by atoms with van der Waals surface area (Å²) in [5.74, 6) is 1.02. The minimum Gasteiger partial charge on any atom is -0.492 e. The molecule has 1 aliphatic rings. The second kappa shape index (κ2) is 9.21. The summed E-state index contributed by atoms with van der Waals surface area (Å²) in [5, 5.41) is 2.90. The number of pyridine rings is 1. The first-order chi connectivity index (χ1) is 13.5. The van der Waals surface area contributed by atoms with E-state index in [2.05, 4.69) is 10.3 Å². The lowest BCUT2D eigenvalue weighted by Crippen LogP contribution is -2.38. The van der Waals surface area contributed by atoms with Crippen molar-refractivity contribution in [2.24, 2.45) is 0 Å². The molecule has 1 aliphatic heterocycles. The number of para-hydroxylation sites is 1. The van der Waals surface area contributed by atoms with Gasteiger partial charge in [0.2, 0.25) is 11.8 Å². The quantitative estimate of drug-likeness (QED) is 0.756. The number of rotatable bonds is 8. The van der Waals surface area contributed by atoms with Gasteiger partial charge in [-0.15, -0.1) is 0 Å². The van der Waals surface area contributed by atoms with Gasteiger partial charge in [0.1, 0.15) is 12.4 Å². The molecule has 1 atom stereocenters. The fourth-order valence-electron chi connectivity index (χ4n) is 2.97. The lowest BCUT2D eigenvalue weighted by Gasteiger charge is -2.17. The Morgan fingerprint density at radius 2 is 2.04 bits per heavy atom. The molecule has 1 fully saturated rings. The number of benzene rings is 1. The normalized spacial score (nSPS) is 16.3. The van der Waals surface area contributed by atoms with Gasteiger partial charge < -0.3 is 19.7 Å². The summed E-state index contributed by atoms with van der Waals surface area (Å²) in [6.45, 7) is 5.21. The minimum absolute atomic E-state index is 0.0146. The predicted molar refractivity (Wildman–Crippen MR) is 104 cm³/mol. The third kappa shape index (κ3) is 5.45. The number of carbonyl (C=O) groups excluding carboxylic acids is 2. The van der Waals surface area contributed by atoms with Crippen molar-refractivity contribution >= 4 is 11.8 Å². The molecule has 28 heavy (non-hydrogen) atoms. The molecule has 1 aromatic heterocycles. The molecular weight excluding hydrogens is 358 g/mol. The Bertz CT molecular complexity index is 793. The first kappa shape index (κ1) is 19.7. The van der Waals surface area contributed by atoms with E-state index in [1.165, 1.54) is 6.20 Å². The molecule has 0 radical (unpaired) electrons.